The molecule has 78 valence electrons. The maximum Gasteiger partial charge on any atom is 4.00 e. The molecule has 2 atom stereocenters. The van der Waals surface area contributed by atoms with Gasteiger partial charge >= 0.3 is 21.1 Å². The Morgan fingerprint density at radius 2 is 1.25 bits per heavy atom. The van der Waals surface area contributed by atoms with Crippen molar-refractivity contribution in [2.45, 2.75) is 31.3 Å². The molecule has 2 unspecified atom stereocenters. The summed E-state index contributed by atoms with van der Waals surface area (Å²) in [5, 5.41) is 0. The van der Waals surface area contributed by atoms with Crippen molar-refractivity contribution in [1.29, 1.82) is 0 Å². The summed E-state index contributed by atoms with van der Waals surface area (Å²) < 4.78 is 9.50. The molecule has 1 saturated carbocycles. The first kappa shape index (κ1) is 22.9. The zero-order valence-corrected chi connectivity index (χ0v) is 10.2. The molecule has 1 aliphatic rings. The summed E-state index contributed by atoms with van der Waals surface area (Å²) in [4.78, 5) is 0. The van der Waals surface area contributed by atoms with Crippen LogP contribution in [0.3, 0.4) is 0 Å². The van der Waals surface area contributed by atoms with Crippen molar-refractivity contribution in [2.24, 2.45) is 0 Å². The van der Waals surface area contributed by atoms with E-state index in [9.17, 15) is 4.39 Å². The number of nitrogens with one attached hydrogen (secondary N) is 2. The van der Waals surface area contributed by atoms with Crippen molar-refractivity contribution in [3.05, 3.63) is 26.3 Å². The summed E-state index contributed by atoms with van der Waals surface area (Å²) in [6.45, 7) is 0. The molecular formula is C8H19FN2Pt. The normalized spacial score (nSPS) is 25.0. The van der Waals surface area contributed by atoms with Gasteiger partial charge in [0.1, 0.15) is 0 Å². The van der Waals surface area contributed by atoms with Gasteiger partial charge in [-0.15, -0.1) is 0 Å². The molecule has 0 aromatic rings. The second-order valence-electron chi connectivity index (χ2n) is 2.14. The third-order valence-electron chi connectivity index (χ3n) is 1.52. The van der Waals surface area contributed by atoms with Crippen molar-refractivity contribution in [3.63, 3.8) is 0 Å². The topological polar surface area (TPSA) is 47.6 Å². The maximum atomic E-state index is 9.50. The summed E-state index contributed by atoms with van der Waals surface area (Å²) in [5.41, 5.74) is 14.3. The van der Waals surface area contributed by atoms with E-state index in [1.807, 2.05) is 0 Å². The predicted molar refractivity (Wildman–Crippen MR) is 49.9 cm³/mol. The van der Waals surface area contributed by atoms with Crippen molar-refractivity contribution >= 4 is 0 Å². The van der Waals surface area contributed by atoms with Crippen LogP contribution in [-0.2, 0) is 21.1 Å². The Kier molecular flexibility index (Phi) is 26.9. The first-order valence-corrected chi connectivity index (χ1v) is 3.11. The van der Waals surface area contributed by atoms with Gasteiger partial charge in [-0.1, -0.05) is 19.3 Å². The van der Waals surface area contributed by atoms with Crippen LogP contribution in [0.5, 0.6) is 0 Å². The van der Waals surface area contributed by atoms with E-state index in [-0.39, 0.29) is 48.0 Å². The van der Waals surface area contributed by atoms with Crippen LogP contribution < -0.4 is 0 Å². The Labute approximate surface area is 90.5 Å². The van der Waals surface area contributed by atoms with Gasteiger partial charge in [-0.2, -0.15) is 12.1 Å². The number of halogens is 1. The van der Waals surface area contributed by atoms with Crippen LogP contribution in [0, 0.1) is 14.9 Å². The van der Waals surface area contributed by atoms with E-state index < -0.39 is 0 Å². The van der Waals surface area contributed by atoms with E-state index >= 15 is 0 Å². The Morgan fingerprint density at radius 3 is 1.33 bits per heavy atom. The van der Waals surface area contributed by atoms with Crippen LogP contribution >= 0.6 is 0 Å². The summed E-state index contributed by atoms with van der Waals surface area (Å²) in [6, 6.07) is -0.139. The molecule has 0 aliphatic heterocycles. The zero-order valence-electron chi connectivity index (χ0n) is 7.97. The minimum atomic E-state index is -0.0694. The number of alkyl halides is 1. The molecule has 12 heavy (non-hydrogen) atoms. The van der Waals surface area contributed by atoms with Gasteiger partial charge in [0, 0.05) is 0 Å². The van der Waals surface area contributed by atoms with Gasteiger partial charge in [0.25, 0.3) is 0 Å². The molecule has 1 aliphatic carbocycles. The molecule has 0 spiro atoms. The fourth-order valence-electron chi connectivity index (χ4n) is 0.960. The van der Waals surface area contributed by atoms with E-state index in [4.69, 9.17) is 11.5 Å². The molecule has 0 radical (unpaired) electrons. The number of hydrogen-bond acceptors (Lipinski definition) is 0. The monoisotopic (exact) mass is 357 g/mol. The van der Waals surface area contributed by atoms with Crippen molar-refractivity contribution in [1.82, 2.24) is 0 Å². The van der Waals surface area contributed by atoms with Crippen LogP contribution in [-0.4, -0.2) is 19.3 Å². The van der Waals surface area contributed by atoms with Crippen molar-refractivity contribution in [3.8, 4) is 0 Å². The Bertz CT molecular complexity index is 66.1. The molecule has 0 saturated heterocycles. The molecule has 0 bridgehead atoms. The van der Waals surface area contributed by atoms with E-state index in [0.29, 0.717) is 7.18 Å². The second-order valence-corrected chi connectivity index (χ2v) is 2.14. The van der Waals surface area contributed by atoms with Crippen LogP contribution in [0.4, 0.5) is 4.39 Å². The van der Waals surface area contributed by atoms with Crippen LogP contribution in [0.25, 0.3) is 11.5 Å². The van der Waals surface area contributed by atoms with Crippen LogP contribution in [0.1, 0.15) is 19.3 Å². The predicted octanol–water partition coefficient (Wildman–Crippen LogP) is 3.50. The zero-order chi connectivity index (χ0) is 7.28. The third-order valence-corrected chi connectivity index (χ3v) is 1.52. The van der Waals surface area contributed by atoms with E-state index in [1.165, 1.54) is 0 Å². The third kappa shape index (κ3) is 8.63. The standard InChI is InChI=1S/C5H10N2.CH3F.2CH3.Pt/c6-4-2-1-3-5(4)7;1-2;;;/h4-7H,1-3H2;1H3;2*1H3;/q-2;;2*-1;+4. The van der Waals surface area contributed by atoms with Gasteiger partial charge in [0.05, 0.1) is 7.18 Å². The summed E-state index contributed by atoms with van der Waals surface area (Å²) in [7, 11) is 0.500. The summed E-state index contributed by atoms with van der Waals surface area (Å²) in [6.07, 6.45) is 3.00. The molecule has 4 heteroatoms. The fourth-order valence-corrected chi connectivity index (χ4v) is 0.960. The van der Waals surface area contributed by atoms with Gasteiger partial charge < -0.3 is 26.3 Å². The molecule has 1 rings (SSSR count). The van der Waals surface area contributed by atoms with Gasteiger partial charge in [-0.3, -0.25) is 4.39 Å². The molecular weight excluding hydrogens is 338 g/mol. The number of rotatable bonds is 0. The Hall–Kier alpha value is 0.538. The second kappa shape index (κ2) is 14.1. The molecule has 0 heterocycles. The first-order chi connectivity index (χ1) is 4.30. The quantitative estimate of drug-likeness (QED) is 0.596. The molecule has 1 fully saturated rings. The largest absolute Gasteiger partial charge is 4.00 e. The van der Waals surface area contributed by atoms with Gasteiger partial charge in [-0.05, 0) is 0 Å². The van der Waals surface area contributed by atoms with Crippen molar-refractivity contribution < 1.29 is 25.5 Å². The first-order valence-electron chi connectivity index (χ1n) is 3.11. The average Bonchev–Trinajstić information content (AvgIpc) is 2.23. The SMILES string of the molecule is CF.[CH3-].[CH3-].[NH-]C1CCCC1[NH-].[Pt+4]. The van der Waals surface area contributed by atoms with E-state index in [1.54, 1.807) is 0 Å². The summed E-state index contributed by atoms with van der Waals surface area (Å²) >= 11 is 0. The molecule has 2 N–H and O–H groups in total. The van der Waals surface area contributed by atoms with Crippen molar-refractivity contribution in [2.75, 3.05) is 7.18 Å². The minimum absolute atomic E-state index is 0. The van der Waals surface area contributed by atoms with Gasteiger partial charge in [0.2, 0.25) is 0 Å². The minimum Gasteiger partial charge on any atom is -0.676 e. The van der Waals surface area contributed by atoms with E-state index in [2.05, 4.69) is 0 Å². The number of hydrogen-bond donors (Lipinski definition) is 0. The molecule has 2 nitrogen and oxygen atoms in total. The summed E-state index contributed by atoms with van der Waals surface area (Å²) in [5.74, 6) is 0. The smallest absolute Gasteiger partial charge is 0.676 e. The van der Waals surface area contributed by atoms with Crippen LogP contribution in [0.15, 0.2) is 0 Å². The fraction of sp³-hybridized carbons (Fsp3) is 0.750. The maximum absolute atomic E-state index is 9.50. The van der Waals surface area contributed by atoms with E-state index in [0.717, 1.165) is 19.3 Å². The Morgan fingerprint density at radius 1 is 1.00 bits per heavy atom. The average molecular weight is 357 g/mol. The van der Waals surface area contributed by atoms with Gasteiger partial charge in [-0.25, -0.2) is 0 Å². The molecule has 0 aromatic heterocycles. The molecule has 0 aromatic carbocycles. The molecule has 0 amide bonds. The van der Waals surface area contributed by atoms with Crippen LogP contribution in [0.2, 0.25) is 0 Å². The Balaban J connectivity index is -0.0000000600. The van der Waals surface area contributed by atoms with Gasteiger partial charge in [0.15, 0.2) is 0 Å².